The largest absolute Gasteiger partial charge is 0.330 e. The number of hydrogen-bond acceptors (Lipinski definition) is 6. The molecule has 0 saturated heterocycles. The van der Waals surface area contributed by atoms with Crippen LogP contribution in [0.5, 0.6) is 0 Å². The van der Waals surface area contributed by atoms with E-state index in [4.69, 9.17) is 5.73 Å². The zero-order chi connectivity index (χ0) is 11.4. The van der Waals surface area contributed by atoms with E-state index in [1.165, 1.54) is 0 Å². The van der Waals surface area contributed by atoms with Crippen molar-refractivity contribution >= 4 is 11.3 Å². The molecular formula is C9H14N6S. The third kappa shape index (κ3) is 2.61. The number of rotatable bonds is 5. The van der Waals surface area contributed by atoms with Crippen molar-refractivity contribution in [3.8, 4) is 0 Å². The molecule has 0 saturated carbocycles. The summed E-state index contributed by atoms with van der Waals surface area (Å²) in [5.74, 6) is 0.850. The average Bonchev–Trinajstić information content (AvgIpc) is 2.86. The van der Waals surface area contributed by atoms with Gasteiger partial charge in [-0.2, -0.15) is 0 Å². The first-order valence-electron chi connectivity index (χ1n) is 5.15. The van der Waals surface area contributed by atoms with Crippen molar-refractivity contribution in [2.75, 3.05) is 6.54 Å². The summed E-state index contributed by atoms with van der Waals surface area (Å²) in [5, 5.41) is 14.7. The van der Waals surface area contributed by atoms with Crippen LogP contribution in [-0.2, 0) is 13.0 Å². The van der Waals surface area contributed by atoms with Gasteiger partial charge < -0.3 is 5.73 Å². The van der Waals surface area contributed by atoms with Gasteiger partial charge in [0.2, 0.25) is 0 Å². The first kappa shape index (κ1) is 11.2. The van der Waals surface area contributed by atoms with Crippen LogP contribution in [-0.4, -0.2) is 31.7 Å². The van der Waals surface area contributed by atoms with Crippen LogP contribution in [0.2, 0.25) is 0 Å². The SMILES string of the molecule is Cc1csc(Cc2nnnn2CCCN)n1. The first-order valence-corrected chi connectivity index (χ1v) is 6.03. The Bertz CT molecular complexity index is 448. The van der Waals surface area contributed by atoms with Gasteiger partial charge >= 0.3 is 0 Å². The molecule has 0 spiro atoms. The Morgan fingerprint density at radius 2 is 2.38 bits per heavy atom. The molecule has 2 N–H and O–H groups in total. The lowest BCUT2D eigenvalue weighted by atomic mass is 10.4. The van der Waals surface area contributed by atoms with E-state index in [0.717, 1.165) is 29.5 Å². The summed E-state index contributed by atoms with van der Waals surface area (Å²) >= 11 is 1.64. The Labute approximate surface area is 97.5 Å². The summed E-state index contributed by atoms with van der Waals surface area (Å²) in [6.07, 6.45) is 1.57. The number of nitrogens with zero attached hydrogens (tertiary/aromatic N) is 5. The van der Waals surface area contributed by atoms with Crippen LogP contribution in [0.15, 0.2) is 5.38 Å². The van der Waals surface area contributed by atoms with Crippen LogP contribution in [0.3, 0.4) is 0 Å². The van der Waals surface area contributed by atoms with E-state index in [1.54, 1.807) is 16.0 Å². The quantitative estimate of drug-likeness (QED) is 0.814. The van der Waals surface area contributed by atoms with Crippen LogP contribution < -0.4 is 5.73 Å². The van der Waals surface area contributed by atoms with Crippen molar-refractivity contribution in [3.05, 3.63) is 21.9 Å². The normalized spacial score (nSPS) is 10.9. The highest BCUT2D eigenvalue weighted by atomic mass is 32.1. The summed E-state index contributed by atoms with van der Waals surface area (Å²) in [4.78, 5) is 4.39. The monoisotopic (exact) mass is 238 g/mol. The average molecular weight is 238 g/mol. The maximum atomic E-state index is 5.46. The number of aryl methyl sites for hydroxylation is 2. The van der Waals surface area contributed by atoms with E-state index in [1.807, 2.05) is 12.3 Å². The Hall–Kier alpha value is -1.34. The summed E-state index contributed by atoms with van der Waals surface area (Å²) < 4.78 is 1.80. The molecule has 0 atom stereocenters. The third-order valence-corrected chi connectivity index (χ3v) is 3.12. The molecule has 0 aliphatic carbocycles. The number of nitrogens with two attached hydrogens (primary N) is 1. The maximum Gasteiger partial charge on any atom is 0.158 e. The highest BCUT2D eigenvalue weighted by Gasteiger charge is 2.08. The zero-order valence-corrected chi connectivity index (χ0v) is 9.94. The fourth-order valence-corrected chi connectivity index (χ4v) is 2.15. The van der Waals surface area contributed by atoms with Crippen molar-refractivity contribution in [3.63, 3.8) is 0 Å². The van der Waals surface area contributed by atoms with E-state index in [0.29, 0.717) is 13.0 Å². The molecule has 0 aliphatic rings. The molecule has 0 amide bonds. The van der Waals surface area contributed by atoms with Crippen LogP contribution in [0.25, 0.3) is 0 Å². The molecule has 0 bridgehead atoms. The second kappa shape index (κ2) is 5.13. The fraction of sp³-hybridized carbons (Fsp3) is 0.556. The number of tetrazole rings is 1. The molecule has 2 rings (SSSR count). The number of aromatic nitrogens is 5. The molecule has 0 aliphatic heterocycles. The molecule has 6 nitrogen and oxygen atoms in total. The predicted molar refractivity (Wildman–Crippen MR) is 61.1 cm³/mol. The van der Waals surface area contributed by atoms with E-state index in [-0.39, 0.29) is 0 Å². The molecule has 2 heterocycles. The number of thiazole rings is 1. The van der Waals surface area contributed by atoms with Gasteiger partial charge in [-0.1, -0.05) is 0 Å². The standard InChI is InChI=1S/C9H14N6S/c1-7-6-16-9(11-7)5-8-12-13-14-15(8)4-2-3-10/h6H,2-5,10H2,1H3. The van der Waals surface area contributed by atoms with E-state index in [9.17, 15) is 0 Å². The van der Waals surface area contributed by atoms with Gasteiger partial charge in [0.15, 0.2) is 5.82 Å². The van der Waals surface area contributed by atoms with Gasteiger partial charge in [0.05, 0.1) is 6.42 Å². The summed E-state index contributed by atoms with van der Waals surface area (Å²) in [7, 11) is 0. The molecular weight excluding hydrogens is 224 g/mol. The molecule has 2 aromatic heterocycles. The summed E-state index contributed by atoms with van der Waals surface area (Å²) in [6.45, 7) is 3.40. The van der Waals surface area contributed by atoms with E-state index in [2.05, 4.69) is 20.5 Å². The maximum absolute atomic E-state index is 5.46. The molecule has 0 radical (unpaired) electrons. The molecule has 0 fully saturated rings. The van der Waals surface area contributed by atoms with Gasteiger partial charge in [0.1, 0.15) is 5.01 Å². The minimum absolute atomic E-state index is 0.648. The third-order valence-electron chi connectivity index (χ3n) is 2.16. The van der Waals surface area contributed by atoms with Crippen molar-refractivity contribution in [2.24, 2.45) is 5.73 Å². The molecule has 2 aromatic rings. The second-order valence-corrected chi connectivity index (χ2v) is 4.46. The van der Waals surface area contributed by atoms with Crippen molar-refractivity contribution < 1.29 is 0 Å². The second-order valence-electron chi connectivity index (χ2n) is 3.52. The molecule has 86 valence electrons. The van der Waals surface area contributed by atoms with Gasteiger partial charge in [0.25, 0.3) is 0 Å². The van der Waals surface area contributed by atoms with E-state index < -0.39 is 0 Å². The van der Waals surface area contributed by atoms with Gasteiger partial charge in [-0.3, -0.25) is 0 Å². The molecule has 16 heavy (non-hydrogen) atoms. The zero-order valence-electron chi connectivity index (χ0n) is 9.13. The molecule has 0 unspecified atom stereocenters. The topological polar surface area (TPSA) is 82.5 Å². The van der Waals surface area contributed by atoms with Crippen LogP contribution in [0.1, 0.15) is 22.9 Å². The van der Waals surface area contributed by atoms with Gasteiger partial charge in [0, 0.05) is 17.6 Å². The molecule has 0 aromatic carbocycles. The lowest BCUT2D eigenvalue weighted by Crippen LogP contribution is -2.10. The smallest absolute Gasteiger partial charge is 0.158 e. The predicted octanol–water partition coefficient (Wildman–Crippen LogP) is 0.378. The van der Waals surface area contributed by atoms with Crippen molar-refractivity contribution in [1.82, 2.24) is 25.2 Å². The summed E-state index contributed by atoms with van der Waals surface area (Å²) in [5.41, 5.74) is 6.50. The Kier molecular flexibility index (Phi) is 3.58. The van der Waals surface area contributed by atoms with Gasteiger partial charge in [-0.15, -0.1) is 16.4 Å². The van der Waals surface area contributed by atoms with E-state index >= 15 is 0 Å². The Morgan fingerprint density at radius 1 is 1.50 bits per heavy atom. The van der Waals surface area contributed by atoms with Crippen molar-refractivity contribution in [1.29, 1.82) is 0 Å². The minimum atomic E-state index is 0.648. The Morgan fingerprint density at radius 3 is 3.06 bits per heavy atom. The van der Waals surface area contributed by atoms with Crippen LogP contribution >= 0.6 is 11.3 Å². The first-order chi connectivity index (χ1) is 7.79. The summed E-state index contributed by atoms with van der Waals surface area (Å²) in [6, 6.07) is 0. The minimum Gasteiger partial charge on any atom is -0.330 e. The van der Waals surface area contributed by atoms with Crippen LogP contribution in [0.4, 0.5) is 0 Å². The number of hydrogen-bond donors (Lipinski definition) is 1. The Balaban J connectivity index is 2.06. The van der Waals surface area contributed by atoms with Gasteiger partial charge in [-0.25, -0.2) is 9.67 Å². The van der Waals surface area contributed by atoms with Gasteiger partial charge in [-0.05, 0) is 30.3 Å². The lowest BCUT2D eigenvalue weighted by Gasteiger charge is -2.01. The highest BCUT2D eigenvalue weighted by molar-refractivity contribution is 7.09. The lowest BCUT2D eigenvalue weighted by molar-refractivity contribution is 0.546. The van der Waals surface area contributed by atoms with Crippen molar-refractivity contribution in [2.45, 2.75) is 26.3 Å². The molecule has 7 heteroatoms. The highest BCUT2D eigenvalue weighted by Crippen LogP contribution is 2.12. The fourth-order valence-electron chi connectivity index (χ4n) is 1.38. The van der Waals surface area contributed by atoms with Crippen LogP contribution in [0, 0.1) is 6.92 Å².